The standard InChI is InChI=1S/C17H25NO3/c1-16(2,3)11-17(4,5)18-15(21)14(20)13-8-6-7-12(9-13)10-19/h6-10,14,20H,11H2,1-5H3,(H,18,21). The van der Waals surface area contributed by atoms with Crippen LogP contribution in [-0.2, 0) is 4.79 Å². The van der Waals surface area contributed by atoms with Crippen molar-refractivity contribution in [2.45, 2.75) is 52.7 Å². The monoisotopic (exact) mass is 291 g/mol. The van der Waals surface area contributed by atoms with Gasteiger partial charge in [0.05, 0.1) is 0 Å². The molecule has 0 bridgehead atoms. The highest BCUT2D eigenvalue weighted by molar-refractivity contribution is 5.83. The van der Waals surface area contributed by atoms with Gasteiger partial charge in [0.1, 0.15) is 6.29 Å². The maximum Gasteiger partial charge on any atom is 0.253 e. The van der Waals surface area contributed by atoms with Crippen LogP contribution in [0.4, 0.5) is 0 Å². The second-order valence-electron chi connectivity index (χ2n) is 7.30. The van der Waals surface area contributed by atoms with Crippen molar-refractivity contribution in [1.82, 2.24) is 5.32 Å². The molecule has 4 nitrogen and oxygen atoms in total. The van der Waals surface area contributed by atoms with Crippen molar-refractivity contribution in [3.8, 4) is 0 Å². The van der Waals surface area contributed by atoms with E-state index >= 15 is 0 Å². The van der Waals surface area contributed by atoms with E-state index in [0.29, 0.717) is 17.4 Å². The maximum absolute atomic E-state index is 12.2. The highest BCUT2D eigenvalue weighted by Crippen LogP contribution is 2.27. The zero-order valence-corrected chi connectivity index (χ0v) is 13.4. The van der Waals surface area contributed by atoms with Gasteiger partial charge in [-0.1, -0.05) is 39.0 Å². The molecule has 1 rings (SSSR count). The first-order valence-electron chi connectivity index (χ1n) is 7.09. The Morgan fingerprint density at radius 2 is 1.90 bits per heavy atom. The number of carbonyl (C=O) groups excluding carboxylic acids is 2. The van der Waals surface area contributed by atoms with Crippen LogP contribution in [0.1, 0.15) is 63.1 Å². The van der Waals surface area contributed by atoms with Crippen LogP contribution in [0.3, 0.4) is 0 Å². The molecule has 0 heterocycles. The lowest BCUT2D eigenvalue weighted by atomic mass is 9.81. The Balaban J connectivity index is 2.80. The topological polar surface area (TPSA) is 66.4 Å². The molecule has 0 saturated heterocycles. The number of aldehydes is 1. The Bertz CT molecular complexity index is 515. The zero-order chi connectivity index (χ0) is 16.3. The Morgan fingerprint density at radius 1 is 1.29 bits per heavy atom. The predicted molar refractivity (Wildman–Crippen MR) is 83.1 cm³/mol. The summed E-state index contributed by atoms with van der Waals surface area (Å²) in [6.07, 6.45) is 0.203. The van der Waals surface area contributed by atoms with Gasteiger partial charge in [-0.25, -0.2) is 0 Å². The SMILES string of the molecule is CC(C)(C)CC(C)(C)NC(=O)C(O)c1cccc(C=O)c1. The van der Waals surface area contributed by atoms with Gasteiger partial charge in [-0.05, 0) is 37.3 Å². The van der Waals surface area contributed by atoms with Crippen molar-refractivity contribution >= 4 is 12.2 Å². The molecule has 21 heavy (non-hydrogen) atoms. The highest BCUT2D eigenvalue weighted by atomic mass is 16.3. The summed E-state index contributed by atoms with van der Waals surface area (Å²) in [5.74, 6) is -0.452. The van der Waals surface area contributed by atoms with Gasteiger partial charge in [-0.2, -0.15) is 0 Å². The van der Waals surface area contributed by atoms with Crippen LogP contribution in [0.5, 0.6) is 0 Å². The summed E-state index contributed by atoms with van der Waals surface area (Å²) in [5, 5.41) is 13.0. The molecule has 1 atom stereocenters. The van der Waals surface area contributed by atoms with Gasteiger partial charge in [-0.3, -0.25) is 9.59 Å². The first-order chi connectivity index (χ1) is 9.54. The molecule has 4 heteroatoms. The number of benzene rings is 1. The second-order valence-corrected chi connectivity index (χ2v) is 7.30. The highest BCUT2D eigenvalue weighted by Gasteiger charge is 2.29. The summed E-state index contributed by atoms with van der Waals surface area (Å²) in [6.45, 7) is 10.2. The number of aliphatic hydroxyl groups is 1. The molecular formula is C17H25NO3. The van der Waals surface area contributed by atoms with E-state index in [2.05, 4.69) is 26.1 Å². The van der Waals surface area contributed by atoms with Gasteiger partial charge in [0.25, 0.3) is 5.91 Å². The number of rotatable bonds is 5. The third kappa shape index (κ3) is 5.68. The molecule has 1 amide bonds. The molecule has 0 aliphatic heterocycles. The lowest BCUT2D eigenvalue weighted by Gasteiger charge is -2.34. The summed E-state index contributed by atoms with van der Waals surface area (Å²) in [7, 11) is 0. The number of hydrogen-bond donors (Lipinski definition) is 2. The smallest absolute Gasteiger partial charge is 0.253 e. The average Bonchev–Trinajstić information content (AvgIpc) is 2.34. The third-order valence-electron chi connectivity index (χ3n) is 3.04. The summed E-state index contributed by atoms with van der Waals surface area (Å²) in [5.41, 5.74) is 0.509. The van der Waals surface area contributed by atoms with E-state index in [1.807, 2.05) is 13.8 Å². The van der Waals surface area contributed by atoms with Crippen molar-refractivity contribution < 1.29 is 14.7 Å². The van der Waals surface area contributed by atoms with Crippen molar-refractivity contribution in [1.29, 1.82) is 0 Å². The fourth-order valence-corrected chi connectivity index (χ4v) is 2.73. The molecule has 1 aromatic carbocycles. The molecule has 0 aliphatic carbocycles. The molecule has 0 aliphatic rings. The molecule has 116 valence electrons. The molecular weight excluding hydrogens is 266 g/mol. The van der Waals surface area contributed by atoms with Crippen LogP contribution in [0.15, 0.2) is 24.3 Å². The van der Waals surface area contributed by atoms with Gasteiger partial charge in [0.2, 0.25) is 0 Å². The molecule has 0 fully saturated rings. The van der Waals surface area contributed by atoms with Crippen LogP contribution in [0.25, 0.3) is 0 Å². The van der Waals surface area contributed by atoms with Crippen molar-refractivity contribution in [2.75, 3.05) is 0 Å². The van der Waals surface area contributed by atoms with Crippen LogP contribution < -0.4 is 5.32 Å². The normalized spacial score (nSPS) is 13.6. The zero-order valence-electron chi connectivity index (χ0n) is 13.4. The molecule has 0 saturated carbocycles. The first kappa shape index (κ1) is 17.4. The second kappa shape index (κ2) is 6.39. The minimum atomic E-state index is -1.27. The van der Waals surface area contributed by atoms with E-state index in [1.54, 1.807) is 18.2 Å². The lowest BCUT2D eigenvalue weighted by molar-refractivity contribution is -0.131. The minimum Gasteiger partial charge on any atom is -0.378 e. The number of aliphatic hydroxyl groups excluding tert-OH is 1. The van der Waals surface area contributed by atoms with Gasteiger partial charge in [0, 0.05) is 11.1 Å². The fourth-order valence-electron chi connectivity index (χ4n) is 2.73. The van der Waals surface area contributed by atoms with Crippen LogP contribution in [-0.4, -0.2) is 22.8 Å². The molecule has 1 aromatic rings. The molecule has 0 radical (unpaired) electrons. The van der Waals surface area contributed by atoms with E-state index in [4.69, 9.17) is 0 Å². The Hall–Kier alpha value is -1.68. The lowest BCUT2D eigenvalue weighted by Crippen LogP contribution is -2.47. The fraction of sp³-hybridized carbons (Fsp3) is 0.529. The summed E-state index contributed by atoms with van der Waals surface area (Å²) >= 11 is 0. The van der Waals surface area contributed by atoms with Gasteiger partial charge >= 0.3 is 0 Å². The largest absolute Gasteiger partial charge is 0.378 e. The number of carbonyl (C=O) groups is 2. The molecule has 0 aromatic heterocycles. The van der Waals surface area contributed by atoms with Crippen LogP contribution in [0.2, 0.25) is 0 Å². The van der Waals surface area contributed by atoms with Crippen LogP contribution >= 0.6 is 0 Å². The maximum atomic E-state index is 12.2. The van der Waals surface area contributed by atoms with Gasteiger partial charge in [-0.15, -0.1) is 0 Å². The van der Waals surface area contributed by atoms with Crippen molar-refractivity contribution in [2.24, 2.45) is 5.41 Å². The van der Waals surface area contributed by atoms with E-state index in [-0.39, 0.29) is 5.41 Å². The molecule has 0 spiro atoms. The number of hydrogen-bond acceptors (Lipinski definition) is 3. The van der Waals surface area contributed by atoms with E-state index in [0.717, 1.165) is 6.42 Å². The molecule has 2 N–H and O–H groups in total. The number of nitrogens with one attached hydrogen (secondary N) is 1. The van der Waals surface area contributed by atoms with Crippen LogP contribution in [0, 0.1) is 5.41 Å². The van der Waals surface area contributed by atoms with Crippen molar-refractivity contribution in [3.05, 3.63) is 35.4 Å². The minimum absolute atomic E-state index is 0.0686. The Morgan fingerprint density at radius 3 is 2.43 bits per heavy atom. The summed E-state index contributed by atoms with van der Waals surface area (Å²) in [4.78, 5) is 22.9. The molecule has 1 unspecified atom stereocenters. The third-order valence-corrected chi connectivity index (χ3v) is 3.04. The number of amides is 1. The van der Waals surface area contributed by atoms with E-state index in [1.165, 1.54) is 6.07 Å². The van der Waals surface area contributed by atoms with Crippen molar-refractivity contribution in [3.63, 3.8) is 0 Å². The quantitative estimate of drug-likeness (QED) is 0.820. The Labute approximate surface area is 126 Å². The van der Waals surface area contributed by atoms with Gasteiger partial charge < -0.3 is 10.4 Å². The summed E-state index contributed by atoms with van der Waals surface area (Å²) in [6, 6.07) is 6.43. The summed E-state index contributed by atoms with van der Waals surface area (Å²) < 4.78 is 0. The van der Waals surface area contributed by atoms with E-state index < -0.39 is 17.6 Å². The predicted octanol–water partition coefficient (Wildman–Crippen LogP) is 2.86. The van der Waals surface area contributed by atoms with E-state index in [9.17, 15) is 14.7 Å². The Kier molecular flexibility index (Phi) is 5.29. The van der Waals surface area contributed by atoms with Gasteiger partial charge in [0.15, 0.2) is 6.10 Å². The average molecular weight is 291 g/mol. The first-order valence-corrected chi connectivity index (χ1v) is 7.09.